The molecule has 0 spiro atoms. The molecule has 0 saturated heterocycles. The average molecular weight is 173 g/mol. The van der Waals surface area contributed by atoms with Crippen LogP contribution in [0.5, 0.6) is 0 Å². The van der Waals surface area contributed by atoms with E-state index in [2.05, 4.69) is 43.3 Å². The molecule has 0 fully saturated rings. The third-order valence-electron chi connectivity index (χ3n) is 2.02. The van der Waals surface area contributed by atoms with Gasteiger partial charge in [-0.3, -0.25) is 0 Å². The van der Waals surface area contributed by atoms with E-state index in [4.69, 9.17) is 6.42 Å². The third-order valence-corrected chi connectivity index (χ3v) is 2.02. The molecule has 1 rings (SSSR count). The Morgan fingerprint density at radius 2 is 2.23 bits per heavy atom. The standard InChI is InChI=1S/C12H15N/c1-4-8-13-12-7-6-10(3)9-11(12)5-2/h1,6-7,9,13H,5,8H2,2-3H3. The summed E-state index contributed by atoms with van der Waals surface area (Å²) in [7, 11) is 0. The molecule has 0 saturated carbocycles. The Morgan fingerprint density at radius 1 is 1.46 bits per heavy atom. The van der Waals surface area contributed by atoms with Crippen molar-refractivity contribution in [2.24, 2.45) is 0 Å². The predicted octanol–water partition coefficient (Wildman–Crippen LogP) is 2.60. The van der Waals surface area contributed by atoms with Crippen molar-refractivity contribution in [1.29, 1.82) is 0 Å². The van der Waals surface area contributed by atoms with E-state index >= 15 is 0 Å². The summed E-state index contributed by atoms with van der Waals surface area (Å²) in [6.07, 6.45) is 6.22. The molecule has 0 heterocycles. The maximum absolute atomic E-state index is 5.19. The van der Waals surface area contributed by atoms with Gasteiger partial charge in [-0.1, -0.05) is 30.5 Å². The van der Waals surface area contributed by atoms with Gasteiger partial charge in [0, 0.05) is 5.69 Å². The fourth-order valence-electron chi connectivity index (χ4n) is 1.33. The second-order valence-electron chi connectivity index (χ2n) is 3.07. The highest BCUT2D eigenvalue weighted by atomic mass is 14.9. The molecule has 0 aliphatic carbocycles. The third kappa shape index (κ3) is 2.52. The Labute approximate surface area is 80.2 Å². The number of hydrogen-bond donors (Lipinski definition) is 1. The van der Waals surface area contributed by atoms with Crippen LogP contribution in [0.2, 0.25) is 0 Å². The van der Waals surface area contributed by atoms with Crippen LogP contribution in [0.3, 0.4) is 0 Å². The lowest BCUT2D eigenvalue weighted by Crippen LogP contribution is -2.01. The summed E-state index contributed by atoms with van der Waals surface area (Å²) < 4.78 is 0. The number of benzene rings is 1. The summed E-state index contributed by atoms with van der Waals surface area (Å²) in [6, 6.07) is 6.38. The Morgan fingerprint density at radius 3 is 2.85 bits per heavy atom. The molecule has 1 N–H and O–H groups in total. The fraction of sp³-hybridized carbons (Fsp3) is 0.333. The highest BCUT2D eigenvalue weighted by Crippen LogP contribution is 2.17. The first-order valence-electron chi connectivity index (χ1n) is 4.54. The normalized spacial score (nSPS) is 9.31. The van der Waals surface area contributed by atoms with Crippen molar-refractivity contribution in [1.82, 2.24) is 0 Å². The molecule has 0 radical (unpaired) electrons. The van der Waals surface area contributed by atoms with Crippen LogP contribution in [-0.4, -0.2) is 6.54 Å². The van der Waals surface area contributed by atoms with Crippen LogP contribution in [0, 0.1) is 19.3 Å². The monoisotopic (exact) mass is 173 g/mol. The SMILES string of the molecule is C#CCNc1ccc(C)cc1CC. The summed E-state index contributed by atoms with van der Waals surface area (Å²) in [5.41, 5.74) is 3.78. The van der Waals surface area contributed by atoms with Gasteiger partial charge in [-0.05, 0) is 25.0 Å². The molecular formula is C12H15N. The van der Waals surface area contributed by atoms with Crippen molar-refractivity contribution in [3.63, 3.8) is 0 Å². The van der Waals surface area contributed by atoms with Gasteiger partial charge < -0.3 is 5.32 Å². The molecule has 1 heteroatoms. The molecule has 0 aliphatic rings. The van der Waals surface area contributed by atoms with E-state index in [0.717, 1.165) is 12.1 Å². The van der Waals surface area contributed by atoms with E-state index < -0.39 is 0 Å². The van der Waals surface area contributed by atoms with Crippen molar-refractivity contribution < 1.29 is 0 Å². The van der Waals surface area contributed by atoms with Gasteiger partial charge in [0.25, 0.3) is 0 Å². The molecule has 0 unspecified atom stereocenters. The minimum absolute atomic E-state index is 0.593. The fourth-order valence-corrected chi connectivity index (χ4v) is 1.33. The van der Waals surface area contributed by atoms with E-state index in [1.54, 1.807) is 0 Å². The van der Waals surface area contributed by atoms with Crippen LogP contribution >= 0.6 is 0 Å². The van der Waals surface area contributed by atoms with E-state index in [9.17, 15) is 0 Å². The molecule has 0 amide bonds. The minimum atomic E-state index is 0.593. The first-order valence-corrected chi connectivity index (χ1v) is 4.54. The molecule has 1 aromatic rings. The summed E-state index contributed by atoms with van der Waals surface area (Å²) in [4.78, 5) is 0. The van der Waals surface area contributed by atoms with Crippen molar-refractivity contribution in [2.75, 3.05) is 11.9 Å². The lowest BCUT2D eigenvalue weighted by molar-refractivity contribution is 1.12. The maximum atomic E-state index is 5.19. The van der Waals surface area contributed by atoms with Crippen molar-refractivity contribution in [3.8, 4) is 12.3 Å². The zero-order valence-corrected chi connectivity index (χ0v) is 8.22. The number of terminal acetylenes is 1. The van der Waals surface area contributed by atoms with Crippen LogP contribution in [0.25, 0.3) is 0 Å². The number of rotatable bonds is 3. The molecule has 0 aromatic heterocycles. The van der Waals surface area contributed by atoms with Gasteiger partial charge in [0.2, 0.25) is 0 Å². The Kier molecular flexibility index (Phi) is 3.40. The highest BCUT2D eigenvalue weighted by Gasteiger charge is 1.98. The summed E-state index contributed by atoms with van der Waals surface area (Å²) in [6.45, 7) is 4.84. The van der Waals surface area contributed by atoms with Gasteiger partial charge in [-0.2, -0.15) is 0 Å². The van der Waals surface area contributed by atoms with E-state index in [1.807, 2.05) is 0 Å². The summed E-state index contributed by atoms with van der Waals surface area (Å²) in [5.74, 6) is 2.57. The Bertz CT molecular complexity index is 320. The van der Waals surface area contributed by atoms with E-state index in [-0.39, 0.29) is 0 Å². The van der Waals surface area contributed by atoms with Gasteiger partial charge in [0.1, 0.15) is 0 Å². The van der Waals surface area contributed by atoms with Crippen molar-refractivity contribution in [3.05, 3.63) is 29.3 Å². The van der Waals surface area contributed by atoms with Crippen LogP contribution in [0.4, 0.5) is 5.69 Å². The summed E-state index contributed by atoms with van der Waals surface area (Å²) in [5, 5.41) is 3.20. The van der Waals surface area contributed by atoms with E-state index in [1.165, 1.54) is 11.1 Å². The smallest absolute Gasteiger partial charge is 0.0763 e. The van der Waals surface area contributed by atoms with Crippen molar-refractivity contribution >= 4 is 5.69 Å². The molecule has 13 heavy (non-hydrogen) atoms. The zero-order chi connectivity index (χ0) is 9.68. The van der Waals surface area contributed by atoms with Gasteiger partial charge in [-0.15, -0.1) is 6.42 Å². The highest BCUT2D eigenvalue weighted by molar-refractivity contribution is 5.53. The number of aryl methyl sites for hydroxylation is 2. The van der Waals surface area contributed by atoms with Crippen molar-refractivity contribution in [2.45, 2.75) is 20.3 Å². The summed E-state index contributed by atoms with van der Waals surface area (Å²) >= 11 is 0. The molecule has 0 aliphatic heterocycles. The molecule has 68 valence electrons. The van der Waals surface area contributed by atoms with Crippen LogP contribution in [-0.2, 0) is 6.42 Å². The van der Waals surface area contributed by atoms with Crippen LogP contribution < -0.4 is 5.32 Å². The molecule has 0 bridgehead atoms. The van der Waals surface area contributed by atoms with E-state index in [0.29, 0.717) is 6.54 Å². The molecular weight excluding hydrogens is 158 g/mol. The van der Waals surface area contributed by atoms with Crippen LogP contribution in [0.1, 0.15) is 18.1 Å². The minimum Gasteiger partial charge on any atom is -0.374 e. The second kappa shape index (κ2) is 4.57. The molecule has 0 atom stereocenters. The lowest BCUT2D eigenvalue weighted by atomic mass is 10.1. The zero-order valence-electron chi connectivity index (χ0n) is 8.22. The van der Waals surface area contributed by atoms with Gasteiger partial charge in [0.05, 0.1) is 6.54 Å². The number of hydrogen-bond acceptors (Lipinski definition) is 1. The van der Waals surface area contributed by atoms with Gasteiger partial charge in [-0.25, -0.2) is 0 Å². The largest absolute Gasteiger partial charge is 0.374 e. The first kappa shape index (κ1) is 9.67. The number of nitrogens with one attached hydrogen (secondary N) is 1. The quantitative estimate of drug-likeness (QED) is 0.693. The Balaban J connectivity index is 2.87. The predicted molar refractivity (Wildman–Crippen MR) is 57.9 cm³/mol. The molecule has 1 aromatic carbocycles. The topological polar surface area (TPSA) is 12.0 Å². The lowest BCUT2D eigenvalue weighted by Gasteiger charge is -2.09. The van der Waals surface area contributed by atoms with Crippen LogP contribution in [0.15, 0.2) is 18.2 Å². The maximum Gasteiger partial charge on any atom is 0.0763 e. The molecule has 1 nitrogen and oxygen atoms in total. The first-order chi connectivity index (χ1) is 6.27. The second-order valence-corrected chi connectivity index (χ2v) is 3.07. The van der Waals surface area contributed by atoms with Gasteiger partial charge >= 0.3 is 0 Å². The average Bonchev–Trinajstić information content (AvgIpc) is 2.16. The number of anilines is 1. The Hall–Kier alpha value is -1.42. The van der Waals surface area contributed by atoms with Gasteiger partial charge in [0.15, 0.2) is 0 Å².